The third kappa shape index (κ3) is 4.74. The fourth-order valence-corrected chi connectivity index (χ4v) is 6.36. The van der Waals surface area contributed by atoms with Gasteiger partial charge in [-0.2, -0.15) is 0 Å². The average molecular weight is 490 g/mol. The lowest BCUT2D eigenvalue weighted by Gasteiger charge is -2.25. The number of fused-ring (bicyclic) bond motifs is 1. The zero-order valence-electron chi connectivity index (χ0n) is 20.2. The molecule has 0 spiro atoms. The second-order valence-corrected chi connectivity index (χ2v) is 11.0. The summed E-state index contributed by atoms with van der Waals surface area (Å²) in [5, 5.41) is 11.3. The average Bonchev–Trinajstić information content (AvgIpc) is 3.04. The van der Waals surface area contributed by atoms with Crippen molar-refractivity contribution in [1.82, 2.24) is 9.55 Å². The molecule has 35 heavy (non-hydrogen) atoms. The number of nitrogens with one attached hydrogen (secondary N) is 1. The van der Waals surface area contributed by atoms with E-state index in [9.17, 15) is 14.7 Å². The molecule has 2 N–H and O–H groups in total. The summed E-state index contributed by atoms with van der Waals surface area (Å²) in [6, 6.07) is 16.4. The van der Waals surface area contributed by atoms with Gasteiger partial charge in [-0.1, -0.05) is 69.5 Å². The van der Waals surface area contributed by atoms with Crippen LogP contribution in [-0.2, 0) is 0 Å². The van der Waals surface area contributed by atoms with Crippen molar-refractivity contribution < 1.29 is 5.11 Å². The minimum absolute atomic E-state index is 0.00692. The van der Waals surface area contributed by atoms with E-state index in [0.29, 0.717) is 18.1 Å². The second-order valence-electron chi connectivity index (χ2n) is 9.78. The number of nitrogens with zero attached hydrogens (tertiary/aromatic N) is 2. The Balaban J connectivity index is 1.62. The Morgan fingerprint density at radius 3 is 2.46 bits per heavy atom. The fraction of sp³-hybridized carbons (Fsp3) is 0.393. The first-order valence-corrected chi connectivity index (χ1v) is 13.3. The Labute approximate surface area is 209 Å². The molecule has 6 nitrogen and oxygen atoms in total. The van der Waals surface area contributed by atoms with Crippen LogP contribution in [0.1, 0.15) is 86.3 Å². The molecule has 1 atom stereocenters. The monoisotopic (exact) mass is 489 g/mol. The van der Waals surface area contributed by atoms with Crippen LogP contribution in [0, 0.1) is 0 Å². The largest absolute Gasteiger partial charge is 0.494 e. The molecular formula is C28H31N3O3S. The third-order valence-corrected chi connectivity index (χ3v) is 8.41. The lowest BCUT2D eigenvalue weighted by Crippen LogP contribution is -2.36. The van der Waals surface area contributed by atoms with Gasteiger partial charge in [0.1, 0.15) is 5.56 Å². The first kappa shape index (κ1) is 23.7. The summed E-state index contributed by atoms with van der Waals surface area (Å²) in [4.78, 5) is 34.2. The van der Waals surface area contributed by atoms with Gasteiger partial charge in [0.15, 0.2) is 0 Å². The molecule has 1 aromatic heterocycles. The standard InChI is InChI=1S/C28H31N3O3S/c1-17(2)18-12-14-19(15-13-18)24-16-22(29-21-10-6-7-11-23(21)35-24)25-26(32)30-28(34)31(27(25)33)20-8-4-3-5-9-20/h6-7,10-15,17,20,24,33H,3-5,8-9,16H2,1-2H3,(H,30,32,34)/t24-/m1/s1. The van der Waals surface area contributed by atoms with E-state index in [2.05, 4.69) is 43.1 Å². The molecule has 1 aliphatic heterocycles. The van der Waals surface area contributed by atoms with Gasteiger partial charge in [-0.05, 0) is 42.0 Å². The van der Waals surface area contributed by atoms with Crippen LogP contribution in [0.5, 0.6) is 5.88 Å². The number of aromatic nitrogens is 2. The summed E-state index contributed by atoms with van der Waals surface area (Å²) in [6.07, 6.45) is 5.22. The molecular weight excluding hydrogens is 458 g/mol. The molecule has 0 bridgehead atoms. The van der Waals surface area contributed by atoms with Crippen LogP contribution in [0.25, 0.3) is 0 Å². The third-order valence-electron chi connectivity index (χ3n) is 7.09. The molecule has 1 fully saturated rings. The van der Waals surface area contributed by atoms with Gasteiger partial charge in [0.25, 0.3) is 5.56 Å². The van der Waals surface area contributed by atoms with Gasteiger partial charge in [-0.25, -0.2) is 4.79 Å². The van der Waals surface area contributed by atoms with E-state index in [1.165, 1.54) is 10.1 Å². The lowest BCUT2D eigenvalue weighted by molar-refractivity contribution is 0.298. The Morgan fingerprint density at radius 2 is 1.74 bits per heavy atom. The minimum atomic E-state index is -0.586. The highest BCUT2D eigenvalue weighted by molar-refractivity contribution is 7.99. The second kappa shape index (κ2) is 9.90. The number of para-hydroxylation sites is 1. The summed E-state index contributed by atoms with van der Waals surface area (Å²) in [5.74, 6) is 0.183. The van der Waals surface area contributed by atoms with Crippen molar-refractivity contribution in [1.29, 1.82) is 0 Å². The summed E-state index contributed by atoms with van der Waals surface area (Å²) in [5.41, 5.74) is 2.66. The van der Waals surface area contributed by atoms with E-state index in [0.717, 1.165) is 48.3 Å². The Hall–Kier alpha value is -3.06. The number of benzene rings is 2. The first-order valence-electron chi connectivity index (χ1n) is 12.4. The van der Waals surface area contributed by atoms with Gasteiger partial charge < -0.3 is 5.11 Å². The smallest absolute Gasteiger partial charge is 0.331 e. The maximum absolute atomic E-state index is 13.1. The Bertz CT molecular complexity index is 1370. The number of H-pyrrole nitrogens is 1. The molecule has 1 aliphatic carbocycles. The molecule has 5 rings (SSSR count). The zero-order valence-corrected chi connectivity index (χ0v) is 21.0. The molecule has 2 heterocycles. The van der Waals surface area contributed by atoms with Crippen LogP contribution in [0.15, 0.2) is 68.0 Å². The van der Waals surface area contributed by atoms with E-state index < -0.39 is 11.2 Å². The van der Waals surface area contributed by atoms with Gasteiger partial charge in [0.05, 0.1) is 11.4 Å². The van der Waals surface area contributed by atoms with Crippen molar-refractivity contribution in [3.8, 4) is 5.88 Å². The predicted octanol–water partition coefficient (Wildman–Crippen LogP) is 6.23. The lowest BCUT2D eigenvalue weighted by atomic mass is 9.95. The highest BCUT2D eigenvalue weighted by Crippen LogP contribution is 2.46. The van der Waals surface area contributed by atoms with E-state index in [-0.39, 0.29) is 22.7 Å². The molecule has 182 valence electrons. The number of aromatic amines is 1. The van der Waals surface area contributed by atoms with E-state index in [1.54, 1.807) is 11.8 Å². The molecule has 0 radical (unpaired) electrons. The zero-order chi connectivity index (χ0) is 24.5. The van der Waals surface area contributed by atoms with Crippen LogP contribution in [-0.4, -0.2) is 20.4 Å². The first-order chi connectivity index (χ1) is 16.9. The van der Waals surface area contributed by atoms with Gasteiger partial charge in [0, 0.05) is 22.6 Å². The number of rotatable bonds is 4. The summed E-state index contributed by atoms with van der Waals surface area (Å²) in [7, 11) is 0. The highest BCUT2D eigenvalue weighted by atomic mass is 32.2. The Morgan fingerprint density at radius 1 is 1.03 bits per heavy atom. The molecule has 3 aromatic rings. The molecule has 7 heteroatoms. The molecule has 0 saturated heterocycles. The van der Waals surface area contributed by atoms with Crippen molar-refractivity contribution in [3.63, 3.8) is 0 Å². The molecule has 0 amide bonds. The van der Waals surface area contributed by atoms with Crippen molar-refractivity contribution >= 4 is 23.2 Å². The van der Waals surface area contributed by atoms with Crippen molar-refractivity contribution in [3.05, 3.63) is 86.1 Å². The number of aromatic hydroxyl groups is 1. The van der Waals surface area contributed by atoms with E-state index in [4.69, 9.17) is 4.99 Å². The van der Waals surface area contributed by atoms with Crippen LogP contribution in [0.3, 0.4) is 0 Å². The van der Waals surface area contributed by atoms with Crippen molar-refractivity contribution in [2.24, 2.45) is 4.99 Å². The van der Waals surface area contributed by atoms with Crippen molar-refractivity contribution in [2.45, 2.75) is 74.5 Å². The fourth-order valence-electron chi connectivity index (χ4n) is 5.13. The van der Waals surface area contributed by atoms with Crippen molar-refractivity contribution in [2.75, 3.05) is 0 Å². The van der Waals surface area contributed by atoms with E-state index in [1.807, 2.05) is 24.3 Å². The minimum Gasteiger partial charge on any atom is -0.494 e. The molecule has 1 saturated carbocycles. The number of thioether (sulfide) groups is 1. The SMILES string of the molecule is CC(C)c1ccc([C@H]2CC(c3c(O)n(C4CCCCC4)c(=O)[nH]c3=O)=Nc3ccccc3S2)cc1. The normalized spacial score (nSPS) is 18.7. The molecule has 0 unspecified atom stereocenters. The quantitative estimate of drug-likeness (QED) is 0.455. The highest BCUT2D eigenvalue weighted by Gasteiger charge is 2.29. The maximum atomic E-state index is 13.1. The maximum Gasteiger partial charge on any atom is 0.331 e. The molecule has 2 aliphatic rings. The van der Waals surface area contributed by atoms with Gasteiger partial charge >= 0.3 is 5.69 Å². The number of hydrogen-bond donors (Lipinski definition) is 2. The summed E-state index contributed by atoms with van der Waals surface area (Å²) < 4.78 is 1.38. The summed E-state index contributed by atoms with van der Waals surface area (Å²) in [6.45, 7) is 4.35. The van der Waals surface area contributed by atoms with Gasteiger partial charge in [0.2, 0.25) is 5.88 Å². The Kier molecular flexibility index (Phi) is 6.69. The number of aliphatic imine (C=N–C) groups is 1. The summed E-state index contributed by atoms with van der Waals surface area (Å²) >= 11 is 1.71. The van der Waals surface area contributed by atoms with Gasteiger partial charge in [-0.3, -0.25) is 19.3 Å². The van der Waals surface area contributed by atoms with Crippen LogP contribution in [0.2, 0.25) is 0 Å². The molecule has 2 aromatic carbocycles. The topological polar surface area (TPSA) is 87.5 Å². The predicted molar refractivity (Wildman–Crippen MR) is 141 cm³/mol. The van der Waals surface area contributed by atoms with Crippen LogP contribution in [0.4, 0.5) is 5.69 Å². The van der Waals surface area contributed by atoms with Crippen LogP contribution < -0.4 is 11.2 Å². The van der Waals surface area contributed by atoms with Crippen LogP contribution >= 0.6 is 11.8 Å². The van der Waals surface area contributed by atoms with E-state index >= 15 is 0 Å². The number of hydrogen-bond acceptors (Lipinski definition) is 5. The van der Waals surface area contributed by atoms with Gasteiger partial charge in [-0.15, -0.1) is 11.8 Å².